The zero-order chi connectivity index (χ0) is 8.72. The molecule has 2 bridgehead atoms. The Morgan fingerprint density at radius 3 is 2.58 bits per heavy atom. The Bertz CT molecular complexity index is 167. The second-order valence-corrected chi connectivity index (χ2v) is 4.59. The Morgan fingerprint density at radius 2 is 2.08 bits per heavy atom. The molecule has 0 amide bonds. The van der Waals surface area contributed by atoms with E-state index in [1.54, 1.807) is 0 Å². The van der Waals surface area contributed by atoms with Crippen LogP contribution in [0.25, 0.3) is 0 Å². The molecule has 12 heavy (non-hydrogen) atoms. The first kappa shape index (κ1) is 8.52. The predicted molar refractivity (Wildman–Crippen MR) is 51.0 cm³/mol. The van der Waals surface area contributed by atoms with Crippen LogP contribution in [0.1, 0.15) is 39.5 Å². The van der Waals surface area contributed by atoms with Crippen molar-refractivity contribution in [2.24, 2.45) is 5.73 Å². The van der Waals surface area contributed by atoms with Gasteiger partial charge in [-0.05, 0) is 33.1 Å². The van der Waals surface area contributed by atoms with Crippen LogP contribution in [0.15, 0.2) is 0 Å². The van der Waals surface area contributed by atoms with Gasteiger partial charge in [-0.3, -0.25) is 4.90 Å². The summed E-state index contributed by atoms with van der Waals surface area (Å²) in [6.07, 6.45) is 5.34. The molecule has 2 N–H and O–H groups in total. The maximum absolute atomic E-state index is 6.11. The molecule has 0 aliphatic carbocycles. The summed E-state index contributed by atoms with van der Waals surface area (Å²) in [6.45, 7) is 4.59. The normalized spacial score (nSPS) is 42.5. The van der Waals surface area contributed by atoms with Crippen LogP contribution in [0.3, 0.4) is 0 Å². The van der Waals surface area contributed by atoms with Crippen LogP contribution in [0.4, 0.5) is 0 Å². The van der Waals surface area contributed by atoms with Crippen LogP contribution in [0.5, 0.6) is 0 Å². The van der Waals surface area contributed by atoms with Gasteiger partial charge in [0, 0.05) is 24.2 Å². The number of rotatable bonds is 1. The zero-order valence-electron chi connectivity index (χ0n) is 8.16. The minimum absolute atomic E-state index is 0.458. The molecule has 2 aliphatic rings. The van der Waals surface area contributed by atoms with Crippen molar-refractivity contribution in [2.45, 2.75) is 63.7 Å². The molecule has 2 aliphatic heterocycles. The van der Waals surface area contributed by atoms with Crippen LogP contribution in [-0.2, 0) is 0 Å². The highest BCUT2D eigenvalue weighted by Gasteiger charge is 2.42. The topological polar surface area (TPSA) is 29.3 Å². The summed E-state index contributed by atoms with van der Waals surface area (Å²) >= 11 is 0. The molecular formula is C10H20N2. The van der Waals surface area contributed by atoms with Gasteiger partial charge in [0.2, 0.25) is 0 Å². The van der Waals surface area contributed by atoms with E-state index in [1.807, 2.05) is 0 Å². The lowest BCUT2D eigenvalue weighted by Gasteiger charge is -2.38. The number of hydrogen-bond donors (Lipinski definition) is 1. The Balaban J connectivity index is 2.14. The summed E-state index contributed by atoms with van der Waals surface area (Å²) in [7, 11) is 0. The van der Waals surface area contributed by atoms with Gasteiger partial charge in [0.25, 0.3) is 0 Å². The van der Waals surface area contributed by atoms with Crippen molar-refractivity contribution in [1.82, 2.24) is 4.90 Å². The van der Waals surface area contributed by atoms with E-state index in [2.05, 4.69) is 18.7 Å². The van der Waals surface area contributed by atoms with Crippen molar-refractivity contribution < 1.29 is 0 Å². The Labute approximate surface area is 75.1 Å². The van der Waals surface area contributed by atoms with Gasteiger partial charge >= 0.3 is 0 Å². The standard InChI is InChI=1S/C10H20N2/c1-7(2)12-8-4-3-5-10(12)9(11)6-8/h7-10H,3-6,11H2,1-2H3/t8-,9+,10+/m0/s1. The summed E-state index contributed by atoms with van der Waals surface area (Å²) in [5, 5.41) is 0. The maximum Gasteiger partial charge on any atom is 0.0253 e. The summed E-state index contributed by atoms with van der Waals surface area (Å²) in [5.74, 6) is 0. The largest absolute Gasteiger partial charge is 0.326 e. The van der Waals surface area contributed by atoms with Gasteiger partial charge in [-0.15, -0.1) is 0 Å². The molecule has 2 fully saturated rings. The SMILES string of the molecule is CC(C)N1[C@H]2CCC[C@@H]1[C@H](N)C2. The Morgan fingerprint density at radius 1 is 1.33 bits per heavy atom. The van der Waals surface area contributed by atoms with Gasteiger partial charge in [0.15, 0.2) is 0 Å². The summed E-state index contributed by atoms with van der Waals surface area (Å²) in [4.78, 5) is 2.65. The fourth-order valence-electron chi connectivity index (χ4n) is 3.08. The van der Waals surface area contributed by atoms with Gasteiger partial charge in [-0.2, -0.15) is 0 Å². The van der Waals surface area contributed by atoms with E-state index in [0.29, 0.717) is 18.1 Å². The van der Waals surface area contributed by atoms with E-state index in [4.69, 9.17) is 5.73 Å². The lowest BCUT2D eigenvalue weighted by molar-refractivity contribution is 0.101. The minimum Gasteiger partial charge on any atom is -0.326 e. The van der Waals surface area contributed by atoms with Crippen molar-refractivity contribution >= 4 is 0 Å². The van der Waals surface area contributed by atoms with Crippen molar-refractivity contribution in [3.63, 3.8) is 0 Å². The van der Waals surface area contributed by atoms with Crippen LogP contribution in [0.2, 0.25) is 0 Å². The number of piperidine rings is 1. The molecule has 0 radical (unpaired) electrons. The molecule has 2 heteroatoms. The minimum atomic E-state index is 0.458. The average Bonchev–Trinajstić information content (AvgIpc) is 2.20. The van der Waals surface area contributed by atoms with Gasteiger partial charge in [-0.25, -0.2) is 0 Å². The molecule has 2 saturated heterocycles. The molecule has 2 nitrogen and oxygen atoms in total. The van der Waals surface area contributed by atoms with Crippen LogP contribution in [0, 0.1) is 0 Å². The monoisotopic (exact) mass is 168 g/mol. The van der Waals surface area contributed by atoms with Gasteiger partial charge in [0.05, 0.1) is 0 Å². The first-order chi connectivity index (χ1) is 5.70. The Kier molecular flexibility index (Phi) is 2.13. The molecule has 0 aromatic rings. The third-order valence-corrected chi connectivity index (χ3v) is 3.48. The number of hydrogen-bond acceptors (Lipinski definition) is 2. The van der Waals surface area contributed by atoms with Gasteiger partial charge < -0.3 is 5.73 Å². The molecule has 0 saturated carbocycles. The van der Waals surface area contributed by atoms with Crippen LogP contribution < -0.4 is 5.73 Å². The van der Waals surface area contributed by atoms with Crippen LogP contribution in [-0.4, -0.2) is 29.1 Å². The van der Waals surface area contributed by atoms with E-state index >= 15 is 0 Å². The summed E-state index contributed by atoms with van der Waals surface area (Å²) in [6, 6.07) is 2.65. The third-order valence-electron chi connectivity index (χ3n) is 3.48. The molecule has 2 rings (SSSR count). The third kappa shape index (κ3) is 1.17. The Hall–Kier alpha value is -0.0800. The fraction of sp³-hybridized carbons (Fsp3) is 1.00. The predicted octanol–water partition coefficient (Wildman–Crippen LogP) is 1.35. The smallest absolute Gasteiger partial charge is 0.0253 e. The highest BCUT2D eigenvalue weighted by Crippen LogP contribution is 2.36. The highest BCUT2D eigenvalue weighted by molar-refractivity contribution is 5.00. The zero-order valence-corrected chi connectivity index (χ0v) is 8.16. The molecule has 2 heterocycles. The van der Waals surface area contributed by atoms with E-state index < -0.39 is 0 Å². The van der Waals surface area contributed by atoms with E-state index in [-0.39, 0.29) is 0 Å². The van der Waals surface area contributed by atoms with E-state index in [9.17, 15) is 0 Å². The number of fused-ring (bicyclic) bond motifs is 2. The highest BCUT2D eigenvalue weighted by atomic mass is 15.3. The lowest BCUT2D eigenvalue weighted by Crippen LogP contribution is -2.47. The summed E-state index contributed by atoms with van der Waals surface area (Å²) < 4.78 is 0. The van der Waals surface area contributed by atoms with Crippen LogP contribution >= 0.6 is 0 Å². The molecule has 0 aromatic heterocycles. The summed E-state index contributed by atoms with van der Waals surface area (Å²) in [5.41, 5.74) is 6.11. The molecule has 0 spiro atoms. The van der Waals surface area contributed by atoms with Crippen molar-refractivity contribution in [1.29, 1.82) is 0 Å². The van der Waals surface area contributed by atoms with Gasteiger partial charge in [0.1, 0.15) is 0 Å². The molecule has 0 unspecified atom stereocenters. The lowest BCUT2D eigenvalue weighted by atomic mass is 10.0. The molecule has 0 aromatic carbocycles. The van der Waals surface area contributed by atoms with Crippen molar-refractivity contribution in [3.8, 4) is 0 Å². The quantitative estimate of drug-likeness (QED) is 0.640. The van der Waals surface area contributed by atoms with E-state index in [1.165, 1.54) is 25.7 Å². The van der Waals surface area contributed by atoms with Gasteiger partial charge in [-0.1, -0.05) is 6.42 Å². The van der Waals surface area contributed by atoms with Crippen molar-refractivity contribution in [2.75, 3.05) is 0 Å². The second-order valence-electron chi connectivity index (χ2n) is 4.59. The average molecular weight is 168 g/mol. The first-order valence-electron chi connectivity index (χ1n) is 5.23. The number of nitrogens with two attached hydrogens (primary N) is 1. The van der Waals surface area contributed by atoms with Crippen molar-refractivity contribution in [3.05, 3.63) is 0 Å². The number of nitrogens with zero attached hydrogens (tertiary/aromatic N) is 1. The first-order valence-corrected chi connectivity index (χ1v) is 5.23. The molecule has 3 atom stereocenters. The van der Waals surface area contributed by atoms with E-state index in [0.717, 1.165) is 6.04 Å². The molecular weight excluding hydrogens is 148 g/mol. The molecule has 70 valence electrons. The second kappa shape index (κ2) is 3.00. The fourth-order valence-corrected chi connectivity index (χ4v) is 3.08. The maximum atomic E-state index is 6.11.